The number of hydrazine groups is 1. The van der Waals surface area contributed by atoms with Gasteiger partial charge in [0.15, 0.2) is 0 Å². The summed E-state index contributed by atoms with van der Waals surface area (Å²) < 4.78 is 1.95. The Morgan fingerprint density at radius 3 is 2.80 bits per heavy atom. The van der Waals surface area contributed by atoms with Gasteiger partial charge in [-0.1, -0.05) is 24.3 Å². The van der Waals surface area contributed by atoms with Gasteiger partial charge in [-0.3, -0.25) is 16.0 Å². The maximum absolute atomic E-state index is 5.68. The summed E-state index contributed by atoms with van der Waals surface area (Å²) in [6.07, 6.45) is 7.02. The van der Waals surface area contributed by atoms with E-state index in [2.05, 4.69) is 54.8 Å². The number of hydrogen-bond acceptors (Lipinski definition) is 3. The second kappa shape index (κ2) is 7.22. The highest BCUT2D eigenvalue weighted by molar-refractivity contribution is 5.25. The Labute approximate surface area is 121 Å². The van der Waals surface area contributed by atoms with Crippen LogP contribution in [0.15, 0.2) is 36.7 Å². The molecule has 0 bridgehead atoms. The molecule has 1 heterocycles. The van der Waals surface area contributed by atoms with Gasteiger partial charge in [-0.2, -0.15) is 5.10 Å². The Balaban J connectivity index is 1.91. The predicted octanol–water partition coefficient (Wildman–Crippen LogP) is 2.22. The molecular formula is C16H24N4. The molecule has 4 heteroatoms. The molecule has 2 aromatic rings. The molecule has 1 aromatic heterocycles. The first-order valence-corrected chi connectivity index (χ1v) is 7.25. The minimum atomic E-state index is 0.282. The average Bonchev–Trinajstić information content (AvgIpc) is 2.92. The fourth-order valence-electron chi connectivity index (χ4n) is 2.43. The Kier molecular flexibility index (Phi) is 5.32. The second-order valence-electron chi connectivity index (χ2n) is 5.24. The van der Waals surface area contributed by atoms with Crippen LogP contribution in [0.1, 0.15) is 30.0 Å². The van der Waals surface area contributed by atoms with E-state index in [4.69, 9.17) is 5.84 Å². The number of hydrogen-bond donors (Lipinski definition) is 2. The van der Waals surface area contributed by atoms with E-state index < -0.39 is 0 Å². The van der Waals surface area contributed by atoms with Crippen molar-refractivity contribution in [3.05, 3.63) is 53.3 Å². The highest BCUT2D eigenvalue weighted by atomic mass is 15.3. The number of rotatable bonds is 7. The third-order valence-corrected chi connectivity index (χ3v) is 3.75. The van der Waals surface area contributed by atoms with E-state index in [9.17, 15) is 0 Å². The zero-order valence-corrected chi connectivity index (χ0v) is 12.3. The molecule has 0 aliphatic rings. The van der Waals surface area contributed by atoms with Crippen molar-refractivity contribution in [2.45, 2.75) is 45.7 Å². The average molecular weight is 272 g/mol. The summed E-state index contributed by atoms with van der Waals surface area (Å²) in [5.41, 5.74) is 6.92. The summed E-state index contributed by atoms with van der Waals surface area (Å²) in [5, 5.41) is 4.30. The van der Waals surface area contributed by atoms with Gasteiger partial charge in [0.25, 0.3) is 0 Å². The molecule has 1 unspecified atom stereocenters. The smallest absolute Gasteiger partial charge is 0.0522 e. The molecule has 0 aliphatic carbocycles. The summed E-state index contributed by atoms with van der Waals surface area (Å²) in [6, 6.07) is 8.81. The van der Waals surface area contributed by atoms with E-state index in [0.717, 1.165) is 25.8 Å². The third kappa shape index (κ3) is 3.92. The van der Waals surface area contributed by atoms with Gasteiger partial charge in [-0.05, 0) is 49.8 Å². The molecule has 0 radical (unpaired) electrons. The summed E-state index contributed by atoms with van der Waals surface area (Å²) in [6.45, 7) is 5.16. The zero-order valence-electron chi connectivity index (χ0n) is 12.3. The van der Waals surface area contributed by atoms with Crippen LogP contribution in [-0.2, 0) is 19.4 Å². The van der Waals surface area contributed by atoms with E-state index >= 15 is 0 Å². The van der Waals surface area contributed by atoms with E-state index in [0.29, 0.717) is 0 Å². The van der Waals surface area contributed by atoms with Crippen LogP contribution in [0, 0.1) is 6.92 Å². The lowest BCUT2D eigenvalue weighted by Gasteiger charge is -2.15. The van der Waals surface area contributed by atoms with Gasteiger partial charge in [0, 0.05) is 18.8 Å². The Morgan fingerprint density at radius 2 is 2.15 bits per heavy atom. The molecule has 0 saturated heterocycles. The quantitative estimate of drug-likeness (QED) is 0.600. The molecule has 3 N–H and O–H groups in total. The van der Waals surface area contributed by atoms with Crippen LogP contribution in [0.4, 0.5) is 0 Å². The molecule has 1 aromatic carbocycles. The summed E-state index contributed by atoms with van der Waals surface area (Å²) in [7, 11) is 0. The summed E-state index contributed by atoms with van der Waals surface area (Å²) >= 11 is 0. The second-order valence-corrected chi connectivity index (χ2v) is 5.24. The minimum Gasteiger partial charge on any atom is -0.273 e. The molecule has 0 aliphatic heterocycles. The van der Waals surface area contributed by atoms with Crippen LogP contribution in [0.3, 0.4) is 0 Å². The van der Waals surface area contributed by atoms with Crippen molar-refractivity contribution in [3.63, 3.8) is 0 Å². The lowest BCUT2D eigenvalue weighted by Crippen LogP contribution is -2.37. The Bertz CT molecular complexity index is 533. The maximum atomic E-state index is 5.68. The van der Waals surface area contributed by atoms with E-state index in [1.54, 1.807) is 0 Å². The normalized spacial score (nSPS) is 12.6. The molecule has 108 valence electrons. The number of benzene rings is 1. The van der Waals surface area contributed by atoms with Crippen molar-refractivity contribution < 1.29 is 0 Å². The largest absolute Gasteiger partial charge is 0.273 e. The van der Waals surface area contributed by atoms with Crippen LogP contribution < -0.4 is 11.3 Å². The van der Waals surface area contributed by atoms with Crippen LogP contribution >= 0.6 is 0 Å². The molecule has 0 spiro atoms. The van der Waals surface area contributed by atoms with Gasteiger partial charge in [0.05, 0.1) is 6.20 Å². The van der Waals surface area contributed by atoms with E-state index in [1.165, 1.54) is 16.7 Å². The monoisotopic (exact) mass is 272 g/mol. The van der Waals surface area contributed by atoms with Crippen molar-refractivity contribution in [1.82, 2.24) is 15.2 Å². The first-order chi connectivity index (χ1) is 9.72. The van der Waals surface area contributed by atoms with Crippen molar-refractivity contribution in [1.29, 1.82) is 0 Å². The Morgan fingerprint density at radius 1 is 1.35 bits per heavy atom. The van der Waals surface area contributed by atoms with Gasteiger partial charge >= 0.3 is 0 Å². The molecule has 4 nitrogen and oxygen atoms in total. The molecular weight excluding hydrogens is 248 g/mol. The van der Waals surface area contributed by atoms with Gasteiger partial charge in [0.2, 0.25) is 0 Å². The molecule has 0 saturated carbocycles. The standard InChI is InChI=1S/C16H24N4/c1-3-20-12-14(11-18-20)10-16(19-17)9-8-15-7-5-4-6-13(15)2/h4-7,11-12,16,19H,3,8-10,17H2,1-2H3. The van der Waals surface area contributed by atoms with Crippen molar-refractivity contribution in [3.8, 4) is 0 Å². The van der Waals surface area contributed by atoms with E-state index in [1.807, 2.05) is 10.9 Å². The molecule has 20 heavy (non-hydrogen) atoms. The number of nitrogens with zero attached hydrogens (tertiary/aromatic N) is 2. The fraction of sp³-hybridized carbons (Fsp3) is 0.438. The molecule has 1 atom stereocenters. The number of nitrogens with two attached hydrogens (primary N) is 1. The van der Waals surface area contributed by atoms with Crippen LogP contribution in [-0.4, -0.2) is 15.8 Å². The zero-order chi connectivity index (χ0) is 14.4. The highest BCUT2D eigenvalue weighted by Gasteiger charge is 2.10. The number of aryl methyl sites for hydroxylation is 3. The lowest BCUT2D eigenvalue weighted by molar-refractivity contribution is 0.491. The third-order valence-electron chi connectivity index (χ3n) is 3.75. The minimum absolute atomic E-state index is 0.282. The lowest BCUT2D eigenvalue weighted by atomic mass is 9.98. The fourth-order valence-corrected chi connectivity index (χ4v) is 2.43. The van der Waals surface area contributed by atoms with E-state index in [-0.39, 0.29) is 6.04 Å². The molecule has 0 fully saturated rings. The van der Waals surface area contributed by atoms with Crippen molar-refractivity contribution >= 4 is 0 Å². The van der Waals surface area contributed by atoms with Gasteiger partial charge in [-0.15, -0.1) is 0 Å². The summed E-state index contributed by atoms with van der Waals surface area (Å²) in [5.74, 6) is 5.68. The van der Waals surface area contributed by atoms with Crippen LogP contribution in [0.25, 0.3) is 0 Å². The van der Waals surface area contributed by atoms with Crippen LogP contribution in [0.5, 0.6) is 0 Å². The van der Waals surface area contributed by atoms with Gasteiger partial charge in [-0.25, -0.2) is 0 Å². The van der Waals surface area contributed by atoms with Crippen LogP contribution in [0.2, 0.25) is 0 Å². The molecule has 2 rings (SSSR count). The SMILES string of the molecule is CCn1cc(CC(CCc2ccccc2C)NN)cn1. The highest BCUT2D eigenvalue weighted by Crippen LogP contribution is 2.12. The first-order valence-electron chi connectivity index (χ1n) is 7.25. The topological polar surface area (TPSA) is 55.9 Å². The molecule has 0 amide bonds. The van der Waals surface area contributed by atoms with Crippen molar-refractivity contribution in [2.24, 2.45) is 5.84 Å². The maximum Gasteiger partial charge on any atom is 0.0522 e. The predicted molar refractivity (Wildman–Crippen MR) is 82.2 cm³/mol. The van der Waals surface area contributed by atoms with Gasteiger partial charge in [0.1, 0.15) is 0 Å². The van der Waals surface area contributed by atoms with Gasteiger partial charge < -0.3 is 0 Å². The number of nitrogens with one attached hydrogen (secondary N) is 1. The summed E-state index contributed by atoms with van der Waals surface area (Å²) in [4.78, 5) is 0. The number of aromatic nitrogens is 2. The van der Waals surface area contributed by atoms with Crippen molar-refractivity contribution in [2.75, 3.05) is 0 Å². The first kappa shape index (κ1) is 14.8. The Hall–Kier alpha value is -1.65.